The molecule has 0 bridgehead atoms. The molecular formula is C13H17ClINO. The van der Waals surface area contributed by atoms with Crippen LogP contribution >= 0.6 is 34.2 Å². The van der Waals surface area contributed by atoms with Gasteiger partial charge in [-0.05, 0) is 53.6 Å². The van der Waals surface area contributed by atoms with Crippen molar-refractivity contribution < 1.29 is 4.79 Å². The van der Waals surface area contributed by atoms with Crippen molar-refractivity contribution in [3.05, 3.63) is 32.4 Å². The smallest absolute Gasteiger partial charge is 0.251 e. The molecule has 0 aliphatic carbocycles. The number of carbonyl (C=O) groups excluding carboxylic acids is 1. The van der Waals surface area contributed by atoms with Crippen LogP contribution in [0.25, 0.3) is 0 Å². The molecule has 0 saturated heterocycles. The third-order valence-electron chi connectivity index (χ3n) is 3.04. The highest BCUT2D eigenvalue weighted by Crippen LogP contribution is 2.19. The van der Waals surface area contributed by atoms with Crippen LogP contribution < -0.4 is 5.32 Å². The van der Waals surface area contributed by atoms with Crippen LogP contribution in [0.15, 0.2) is 18.2 Å². The molecule has 0 fully saturated rings. The first-order valence-electron chi connectivity index (χ1n) is 5.71. The Balaban J connectivity index is 2.73. The maximum absolute atomic E-state index is 12.0. The normalized spacial score (nSPS) is 14.2. The molecule has 0 radical (unpaired) electrons. The van der Waals surface area contributed by atoms with Gasteiger partial charge in [-0.15, -0.1) is 0 Å². The zero-order chi connectivity index (χ0) is 13.0. The molecule has 1 aromatic rings. The maximum atomic E-state index is 12.0. The van der Waals surface area contributed by atoms with E-state index in [1.54, 1.807) is 12.1 Å². The summed E-state index contributed by atoms with van der Waals surface area (Å²) in [6.45, 7) is 6.28. The molecule has 2 unspecified atom stereocenters. The Morgan fingerprint density at radius 1 is 1.47 bits per heavy atom. The van der Waals surface area contributed by atoms with E-state index in [-0.39, 0.29) is 11.9 Å². The molecule has 0 spiro atoms. The summed E-state index contributed by atoms with van der Waals surface area (Å²) < 4.78 is 0.954. The molecule has 1 rings (SSSR count). The molecule has 0 saturated carbocycles. The van der Waals surface area contributed by atoms with Gasteiger partial charge in [0.2, 0.25) is 0 Å². The van der Waals surface area contributed by atoms with E-state index < -0.39 is 0 Å². The average molecular weight is 366 g/mol. The predicted molar refractivity (Wildman–Crippen MR) is 80.6 cm³/mol. The summed E-state index contributed by atoms with van der Waals surface area (Å²) in [5.41, 5.74) is 0.616. The predicted octanol–water partition coefficient (Wildman–Crippen LogP) is 4.11. The van der Waals surface area contributed by atoms with Crippen LogP contribution in [0.3, 0.4) is 0 Å². The van der Waals surface area contributed by atoms with Gasteiger partial charge >= 0.3 is 0 Å². The zero-order valence-corrected chi connectivity index (χ0v) is 13.2. The summed E-state index contributed by atoms with van der Waals surface area (Å²) in [7, 11) is 0. The summed E-state index contributed by atoms with van der Waals surface area (Å²) in [6.07, 6.45) is 1.05. The van der Waals surface area contributed by atoms with Crippen LogP contribution in [-0.2, 0) is 0 Å². The minimum Gasteiger partial charge on any atom is -0.349 e. The molecule has 1 N–H and O–H groups in total. The van der Waals surface area contributed by atoms with Gasteiger partial charge in [0.25, 0.3) is 5.91 Å². The number of hydrogen-bond donors (Lipinski definition) is 1. The molecular weight excluding hydrogens is 349 g/mol. The summed E-state index contributed by atoms with van der Waals surface area (Å²) in [4.78, 5) is 12.0. The van der Waals surface area contributed by atoms with Gasteiger partial charge in [-0.1, -0.05) is 31.9 Å². The highest BCUT2D eigenvalue weighted by molar-refractivity contribution is 14.1. The third-order valence-corrected chi connectivity index (χ3v) is 4.61. The Morgan fingerprint density at radius 3 is 2.65 bits per heavy atom. The summed E-state index contributed by atoms with van der Waals surface area (Å²) in [6, 6.07) is 5.53. The van der Waals surface area contributed by atoms with Crippen molar-refractivity contribution in [1.82, 2.24) is 5.32 Å². The summed E-state index contributed by atoms with van der Waals surface area (Å²) >= 11 is 8.14. The second-order valence-electron chi connectivity index (χ2n) is 4.28. The fourth-order valence-electron chi connectivity index (χ4n) is 1.42. The quantitative estimate of drug-likeness (QED) is 0.799. The molecule has 0 aliphatic rings. The Labute approximate surface area is 121 Å². The van der Waals surface area contributed by atoms with Crippen LogP contribution in [0.4, 0.5) is 0 Å². The topological polar surface area (TPSA) is 29.1 Å². The minimum atomic E-state index is -0.0592. The van der Waals surface area contributed by atoms with E-state index >= 15 is 0 Å². The molecule has 17 heavy (non-hydrogen) atoms. The maximum Gasteiger partial charge on any atom is 0.251 e. The molecule has 4 heteroatoms. The molecule has 0 aliphatic heterocycles. The van der Waals surface area contributed by atoms with Crippen molar-refractivity contribution in [2.45, 2.75) is 33.2 Å². The summed E-state index contributed by atoms with van der Waals surface area (Å²) in [5.74, 6) is 0.411. The second kappa shape index (κ2) is 6.59. The van der Waals surface area contributed by atoms with E-state index in [2.05, 4.69) is 41.8 Å². The number of rotatable bonds is 4. The van der Waals surface area contributed by atoms with Gasteiger partial charge in [-0.2, -0.15) is 0 Å². The molecule has 0 aromatic heterocycles. The number of halogens is 2. The molecule has 94 valence electrons. The highest BCUT2D eigenvalue weighted by Gasteiger charge is 2.14. The lowest BCUT2D eigenvalue weighted by Gasteiger charge is -2.19. The first kappa shape index (κ1) is 14.8. The van der Waals surface area contributed by atoms with Crippen LogP contribution in [0.1, 0.15) is 37.6 Å². The fraction of sp³-hybridized carbons (Fsp3) is 0.462. The molecule has 2 nitrogen and oxygen atoms in total. The van der Waals surface area contributed by atoms with Crippen molar-refractivity contribution in [2.75, 3.05) is 0 Å². The van der Waals surface area contributed by atoms with Crippen molar-refractivity contribution >= 4 is 40.1 Å². The molecule has 2 atom stereocenters. The SMILES string of the molecule is CCC(C)C(C)NC(=O)c1ccc(I)c(Cl)c1. The van der Waals surface area contributed by atoms with Gasteiger partial charge < -0.3 is 5.32 Å². The summed E-state index contributed by atoms with van der Waals surface area (Å²) in [5, 5.41) is 3.61. The van der Waals surface area contributed by atoms with E-state index in [1.807, 2.05) is 13.0 Å². The van der Waals surface area contributed by atoms with Crippen molar-refractivity contribution in [3.63, 3.8) is 0 Å². The van der Waals surface area contributed by atoms with Gasteiger partial charge in [0.15, 0.2) is 0 Å². The van der Waals surface area contributed by atoms with Gasteiger partial charge in [0.05, 0.1) is 5.02 Å². The number of benzene rings is 1. The highest BCUT2D eigenvalue weighted by atomic mass is 127. The molecule has 1 amide bonds. The van der Waals surface area contributed by atoms with Gasteiger partial charge in [-0.25, -0.2) is 0 Å². The van der Waals surface area contributed by atoms with E-state index in [0.29, 0.717) is 16.5 Å². The Hall–Kier alpha value is -0.290. The zero-order valence-electron chi connectivity index (χ0n) is 10.3. The molecule has 0 heterocycles. The largest absolute Gasteiger partial charge is 0.349 e. The van der Waals surface area contributed by atoms with Gasteiger partial charge in [0, 0.05) is 15.2 Å². The Bertz CT molecular complexity index is 408. The Kier molecular flexibility index (Phi) is 5.73. The van der Waals surface area contributed by atoms with Crippen LogP contribution in [0.5, 0.6) is 0 Å². The van der Waals surface area contributed by atoms with E-state index in [1.165, 1.54) is 0 Å². The van der Waals surface area contributed by atoms with Gasteiger partial charge in [-0.3, -0.25) is 4.79 Å². The van der Waals surface area contributed by atoms with Crippen LogP contribution in [-0.4, -0.2) is 11.9 Å². The first-order valence-corrected chi connectivity index (χ1v) is 7.17. The Morgan fingerprint density at radius 2 is 2.12 bits per heavy atom. The minimum absolute atomic E-state index is 0.0592. The lowest BCUT2D eigenvalue weighted by molar-refractivity contribution is 0.0928. The first-order chi connectivity index (χ1) is 7.95. The third kappa shape index (κ3) is 4.14. The van der Waals surface area contributed by atoms with Crippen molar-refractivity contribution in [2.24, 2.45) is 5.92 Å². The lowest BCUT2D eigenvalue weighted by Crippen LogP contribution is -2.36. The van der Waals surface area contributed by atoms with E-state index in [4.69, 9.17) is 11.6 Å². The van der Waals surface area contributed by atoms with Crippen molar-refractivity contribution in [3.8, 4) is 0 Å². The van der Waals surface area contributed by atoms with E-state index in [0.717, 1.165) is 9.99 Å². The van der Waals surface area contributed by atoms with Crippen LogP contribution in [0, 0.1) is 9.49 Å². The number of hydrogen-bond acceptors (Lipinski definition) is 1. The number of amides is 1. The standard InChI is InChI=1S/C13H17ClINO/c1-4-8(2)9(3)16-13(17)10-5-6-12(15)11(14)7-10/h5-9H,4H2,1-3H3,(H,16,17). The van der Waals surface area contributed by atoms with Crippen LogP contribution in [0.2, 0.25) is 5.02 Å². The fourth-order valence-corrected chi connectivity index (χ4v) is 1.94. The van der Waals surface area contributed by atoms with E-state index in [9.17, 15) is 4.79 Å². The monoisotopic (exact) mass is 365 g/mol. The number of carbonyl (C=O) groups is 1. The number of nitrogens with one attached hydrogen (secondary N) is 1. The molecule has 1 aromatic carbocycles. The van der Waals surface area contributed by atoms with Gasteiger partial charge in [0.1, 0.15) is 0 Å². The second-order valence-corrected chi connectivity index (χ2v) is 5.85. The van der Waals surface area contributed by atoms with Crippen molar-refractivity contribution in [1.29, 1.82) is 0 Å². The average Bonchev–Trinajstić information content (AvgIpc) is 2.31. The lowest BCUT2D eigenvalue weighted by atomic mass is 10.0.